The summed E-state index contributed by atoms with van der Waals surface area (Å²) in [6.45, 7) is 5.05. The summed E-state index contributed by atoms with van der Waals surface area (Å²) < 4.78 is 5.22. The van der Waals surface area contributed by atoms with E-state index < -0.39 is 0 Å². The molecule has 1 aliphatic carbocycles. The number of morpholine rings is 1. The van der Waals surface area contributed by atoms with Crippen LogP contribution in [0.1, 0.15) is 13.3 Å². The predicted octanol–water partition coefficient (Wildman–Crippen LogP) is -0.253. The molecule has 0 aromatic rings. The van der Waals surface area contributed by atoms with Crippen molar-refractivity contribution in [3.05, 3.63) is 0 Å². The molecule has 1 saturated carbocycles. The normalized spacial score (nSPS) is 36.5. The predicted molar refractivity (Wildman–Crippen MR) is 52.9 cm³/mol. The third-order valence-corrected chi connectivity index (χ3v) is 3.05. The SMILES string of the molecule is CC1CC1CNC(=O)C1COCCN1. The molecule has 0 bridgehead atoms. The molecule has 1 saturated heterocycles. The second-order valence-electron chi connectivity index (χ2n) is 4.30. The lowest BCUT2D eigenvalue weighted by atomic mass is 10.2. The van der Waals surface area contributed by atoms with Crippen molar-refractivity contribution in [2.75, 3.05) is 26.3 Å². The summed E-state index contributed by atoms with van der Waals surface area (Å²) in [5.74, 6) is 1.60. The maximum absolute atomic E-state index is 11.6. The van der Waals surface area contributed by atoms with Crippen LogP contribution in [-0.2, 0) is 9.53 Å². The van der Waals surface area contributed by atoms with E-state index in [2.05, 4.69) is 17.6 Å². The van der Waals surface area contributed by atoms with Crippen LogP contribution in [0.5, 0.6) is 0 Å². The molecule has 4 nitrogen and oxygen atoms in total. The Bertz CT molecular complexity index is 214. The number of rotatable bonds is 3. The van der Waals surface area contributed by atoms with Gasteiger partial charge in [0.2, 0.25) is 5.91 Å². The molecule has 1 aliphatic heterocycles. The van der Waals surface area contributed by atoms with E-state index in [0.717, 1.165) is 19.0 Å². The Morgan fingerprint density at radius 3 is 3.00 bits per heavy atom. The Hall–Kier alpha value is -0.610. The van der Waals surface area contributed by atoms with E-state index in [4.69, 9.17) is 4.74 Å². The lowest BCUT2D eigenvalue weighted by Crippen LogP contribution is -2.51. The molecule has 1 heterocycles. The summed E-state index contributed by atoms with van der Waals surface area (Å²) in [5, 5.41) is 6.10. The summed E-state index contributed by atoms with van der Waals surface area (Å²) >= 11 is 0. The molecule has 0 aromatic carbocycles. The van der Waals surface area contributed by atoms with Gasteiger partial charge in [0.25, 0.3) is 0 Å². The summed E-state index contributed by atoms with van der Waals surface area (Å²) in [6, 6.07) is -0.141. The first-order valence-corrected chi connectivity index (χ1v) is 5.36. The van der Waals surface area contributed by atoms with Crippen molar-refractivity contribution in [1.82, 2.24) is 10.6 Å². The second-order valence-corrected chi connectivity index (χ2v) is 4.30. The molecular weight excluding hydrogens is 180 g/mol. The van der Waals surface area contributed by atoms with Crippen LogP contribution < -0.4 is 10.6 Å². The van der Waals surface area contributed by atoms with Crippen molar-refractivity contribution in [2.45, 2.75) is 19.4 Å². The van der Waals surface area contributed by atoms with Gasteiger partial charge in [-0.15, -0.1) is 0 Å². The fourth-order valence-corrected chi connectivity index (χ4v) is 1.77. The molecule has 0 radical (unpaired) electrons. The van der Waals surface area contributed by atoms with Crippen LogP contribution in [0.2, 0.25) is 0 Å². The molecule has 0 spiro atoms. The fourth-order valence-electron chi connectivity index (χ4n) is 1.77. The van der Waals surface area contributed by atoms with E-state index in [-0.39, 0.29) is 11.9 Å². The zero-order chi connectivity index (χ0) is 9.97. The van der Waals surface area contributed by atoms with E-state index >= 15 is 0 Å². The van der Waals surface area contributed by atoms with Crippen molar-refractivity contribution in [2.24, 2.45) is 11.8 Å². The van der Waals surface area contributed by atoms with Crippen LogP contribution in [0.3, 0.4) is 0 Å². The lowest BCUT2D eigenvalue weighted by molar-refractivity contribution is -0.125. The summed E-state index contributed by atoms with van der Waals surface area (Å²) in [7, 11) is 0. The van der Waals surface area contributed by atoms with Gasteiger partial charge in [-0.1, -0.05) is 6.92 Å². The number of hydrogen-bond acceptors (Lipinski definition) is 3. The largest absolute Gasteiger partial charge is 0.378 e. The fraction of sp³-hybridized carbons (Fsp3) is 0.900. The molecule has 4 heteroatoms. The second kappa shape index (κ2) is 4.28. The molecule has 2 fully saturated rings. The third-order valence-electron chi connectivity index (χ3n) is 3.05. The van der Waals surface area contributed by atoms with Gasteiger partial charge in [-0.05, 0) is 18.3 Å². The monoisotopic (exact) mass is 198 g/mol. The molecule has 2 N–H and O–H groups in total. The summed E-state index contributed by atoms with van der Waals surface area (Å²) in [4.78, 5) is 11.6. The zero-order valence-corrected chi connectivity index (χ0v) is 8.58. The van der Waals surface area contributed by atoms with Crippen LogP contribution in [0.15, 0.2) is 0 Å². The maximum atomic E-state index is 11.6. The molecule has 3 atom stereocenters. The van der Waals surface area contributed by atoms with Crippen LogP contribution in [0, 0.1) is 11.8 Å². The van der Waals surface area contributed by atoms with Gasteiger partial charge in [0.05, 0.1) is 13.2 Å². The van der Waals surface area contributed by atoms with Gasteiger partial charge in [0, 0.05) is 13.1 Å². The Morgan fingerprint density at radius 1 is 1.64 bits per heavy atom. The minimum absolute atomic E-state index is 0.0869. The molecule has 1 amide bonds. The summed E-state index contributed by atoms with van der Waals surface area (Å²) in [5.41, 5.74) is 0. The molecule has 3 unspecified atom stereocenters. The first-order chi connectivity index (χ1) is 6.77. The highest BCUT2D eigenvalue weighted by Crippen LogP contribution is 2.36. The van der Waals surface area contributed by atoms with Gasteiger partial charge in [0.15, 0.2) is 0 Å². The number of amides is 1. The van der Waals surface area contributed by atoms with Crippen molar-refractivity contribution < 1.29 is 9.53 Å². The Balaban J connectivity index is 1.66. The highest BCUT2D eigenvalue weighted by molar-refractivity contribution is 5.82. The van der Waals surface area contributed by atoms with Gasteiger partial charge < -0.3 is 15.4 Å². The molecule has 0 aromatic heterocycles. The van der Waals surface area contributed by atoms with Gasteiger partial charge in [-0.3, -0.25) is 4.79 Å². The Morgan fingerprint density at radius 2 is 2.43 bits per heavy atom. The number of hydrogen-bond donors (Lipinski definition) is 2. The van der Waals surface area contributed by atoms with Crippen molar-refractivity contribution in [3.8, 4) is 0 Å². The van der Waals surface area contributed by atoms with E-state index in [1.54, 1.807) is 0 Å². The Kier molecular flexibility index (Phi) is 3.03. The number of ether oxygens (including phenoxy) is 1. The van der Waals surface area contributed by atoms with E-state index in [1.807, 2.05) is 0 Å². The highest BCUT2D eigenvalue weighted by atomic mass is 16.5. The lowest BCUT2D eigenvalue weighted by Gasteiger charge is -2.22. The first-order valence-electron chi connectivity index (χ1n) is 5.36. The average Bonchev–Trinajstić information content (AvgIpc) is 2.92. The smallest absolute Gasteiger partial charge is 0.239 e. The summed E-state index contributed by atoms with van der Waals surface area (Å²) in [6.07, 6.45) is 1.26. The standard InChI is InChI=1S/C10H18N2O2/c1-7-4-8(7)5-12-10(13)9-6-14-3-2-11-9/h7-9,11H,2-6H2,1H3,(H,12,13). The number of nitrogens with one attached hydrogen (secondary N) is 2. The van der Waals surface area contributed by atoms with Gasteiger partial charge >= 0.3 is 0 Å². The molecule has 2 aliphatic rings. The topological polar surface area (TPSA) is 50.4 Å². The van der Waals surface area contributed by atoms with Gasteiger partial charge in [-0.2, -0.15) is 0 Å². The number of carbonyl (C=O) groups excluding carboxylic acids is 1. The highest BCUT2D eigenvalue weighted by Gasteiger charge is 2.33. The minimum atomic E-state index is -0.141. The molecule has 14 heavy (non-hydrogen) atoms. The number of carbonyl (C=O) groups is 1. The molecular formula is C10H18N2O2. The van der Waals surface area contributed by atoms with Crippen molar-refractivity contribution in [1.29, 1.82) is 0 Å². The van der Waals surface area contributed by atoms with Crippen molar-refractivity contribution in [3.63, 3.8) is 0 Å². The zero-order valence-electron chi connectivity index (χ0n) is 8.58. The average molecular weight is 198 g/mol. The maximum Gasteiger partial charge on any atom is 0.239 e. The van der Waals surface area contributed by atoms with Gasteiger partial charge in [0.1, 0.15) is 6.04 Å². The van der Waals surface area contributed by atoms with Gasteiger partial charge in [-0.25, -0.2) is 0 Å². The third kappa shape index (κ3) is 2.45. The van der Waals surface area contributed by atoms with Crippen LogP contribution in [0.4, 0.5) is 0 Å². The van der Waals surface area contributed by atoms with Crippen LogP contribution in [-0.4, -0.2) is 38.3 Å². The van der Waals surface area contributed by atoms with E-state index in [1.165, 1.54) is 6.42 Å². The van der Waals surface area contributed by atoms with E-state index in [0.29, 0.717) is 19.1 Å². The quantitative estimate of drug-likeness (QED) is 0.657. The first kappa shape index (κ1) is 9.93. The molecule has 80 valence electrons. The van der Waals surface area contributed by atoms with Crippen molar-refractivity contribution >= 4 is 5.91 Å². The molecule has 2 rings (SSSR count). The minimum Gasteiger partial charge on any atom is -0.378 e. The van der Waals surface area contributed by atoms with Crippen LogP contribution in [0.25, 0.3) is 0 Å². The van der Waals surface area contributed by atoms with E-state index in [9.17, 15) is 4.79 Å². The Labute approximate surface area is 84.4 Å². The van der Waals surface area contributed by atoms with Crippen LogP contribution >= 0.6 is 0 Å².